The van der Waals surface area contributed by atoms with Crippen molar-refractivity contribution in [1.82, 2.24) is 0 Å². The van der Waals surface area contributed by atoms with Crippen LogP contribution in [-0.4, -0.2) is 17.6 Å². The second kappa shape index (κ2) is 19.5. The van der Waals surface area contributed by atoms with Crippen LogP contribution in [-0.2, 0) is 11.2 Å². The highest BCUT2D eigenvalue weighted by atomic mass is 16.4. The van der Waals surface area contributed by atoms with Crippen molar-refractivity contribution in [2.75, 3.05) is 6.54 Å². The molecule has 1 saturated carbocycles. The Morgan fingerprint density at radius 2 is 1.75 bits per heavy atom. The van der Waals surface area contributed by atoms with E-state index in [-0.39, 0.29) is 12.3 Å². The van der Waals surface area contributed by atoms with Gasteiger partial charge in [0.2, 0.25) is 0 Å². The van der Waals surface area contributed by atoms with E-state index in [4.69, 9.17) is 5.73 Å². The van der Waals surface area contributed by atoms with Crippen LogP contribution in [0.1, 0.15) is 122 Å². The molecule has 3 N–H and O–H groups in total. The van der Waals surface area contributed by atoms with Crippen LogP contribution in [0.15, 0.2) is 42.5 Å². The molecular formula is C33H55NO2. The summed E-state index contributed by atoms with van der Waals surface area (Å²) in [4.78, 5) is 11.7. The van der Waals surface area contributed by atoms with Gasteiger partial charge in [-0.05, 0) is 87.1 Å². The minimum Gasteiger partial charge on any atom is -0.481 e. The van der Waals surface area contributed by atoms with Crippen molar-refractivity contribution >= 4 is 5.97 Å². The van der Waals surface area contributed by atoms with Crippen LogP contribution in [0, 0.1) is 23.7 Å². The van der Waals surface area contributed by atoms with Gasteiger partial charge < -0.3 is 10.8 Å². The molecule has 1 aliphatic carbocycles. The minimum atomic E-state index is -0.671. The monoisotopic (exact) mass is 497 g/mol. The molecule has 0 spiro atoms. The molecule has 2 rings (SSSR count). The lowest BCUT2D eigenvalue weighted by Gasteiger charge is -2.28. The van der Waals surface area contributed by atoms with Gasteiger partial charge in [-0.1, -0.05) is 107 Å². The highest BCUT2D eigenvalue weighted by molar-refractivity contribution is 5.67. The number of hydrogen-bond acceptors (Lipinski definition) is 2. The molecule has 1 fully saturated rings. The van der Waals surface area contributed by atoms with Gasteiger partial charge in [-0.2, -0.15) is 0 Å². The Morgan fingerprint density at radius 1 is 0.972 bits per heavy atom. The molecule has 1 aromatic rings. The topological polar surface area (TPSA) is 63.3 Å². The summed E-state index contributed by atoms with van der Waals surface area (Å²) in [7, 11) is 0. The Morgan fingerprint density at radius 3 is 2.44 bits per heavy atom. The lowest BCUT2D eigenvalue weighted by molar-refractivity contribution is -0.138. The lowest BCUT2D eigenvalue weighted by Crippen LogP contribution is -2.23. The van der Waals surface area contributed by atoms with Crippen LogP contribution in [0.25, 0.3) is 0 Å². The summed E-state index contributed by atoms with van der Waals surface area (Å²) in [6.07, 6.45) is 26.5. The Bertz CT molecular complexity index is 695. The van der Waals surface area contributed by atoms with Crippen molar-refractivity contribution < 1.29 is 9.90 Å². The van der Waals surface area contributed by atoms with E-state index in [9.17, 15) is 9.90 Å². The van der Waals surface area contributed by atoms with E-state index in [0.717, 1.165) is 31.6 Å². The fraction of sp³-hybridized carbons (Fsp3) is 0.727. The first-order valence-corrected chi connectivity index (χ1v) is 15.2. The van der Waals surface area contributed by atoms with Crippen LogP contribution in [0.4, 0.5) is 0 Å². The van der Waals surface area contributed by atoms with Gasteiger partial charge in [0.25, 0.3) is 0 Å². The van der Waals surface area contributed by atoms with Crippen LogP contribution in [0.2, 0.25) is 0 Å². The average molecular weight is 498 g/mol. The minimum absolute atomic E-state index is 0.202. The Balaban J connectivity index is 1.90. The summed E-state index contributed by atoms with van der Waals surface area (Å²) in [5.74, 6) is 1.60. The SMILES string of the molecule is CCCCC[C@@H](C/C=C\CCC1CCCCC1)CC[C@H](CCN)[C@H](CCc1ccccc1)CC(=O)O. The third kappa shape index (κ3) is 13.6. The molecule has 0 aromatic heterocycles. The highest BCUT2D eigenvalue weighted by Crippen LogP contribution is 2.32. The molecule has 3 nitrogen and oxygen atoms in total. The molecule has 0 saturated heterocycles. The average Bonchev–Trinajstić information content (AvgIpc) is 2.89. The predicted octanol–water partition coefficient (Wildman–Crippen LogP) is 8.96. The van der Waals surface area contributed by atoms with Crippen LogP contribution in [0.3, 0.4) is 0 Å². The van der Waals surface area contributed by atoms with E-state index in [0.29, 0.717) is 18.4 Å². The van der Waals surface area contributed by atoms with Gasteiger partial charge in [-0.25, -0.2) is 0 Å². The maximum Gasteiger partial charge on any atom is 0.303 e. The Kier molecular flexibility index (Phi) is 16.6. The summed E-state index contributed by atoms with van der Waals surface area (Å²) in [5, 5.41) is 9.64. The predicted molar refractivity (Wildman–Crippen MR) is 154 cm³/mol. The molecule has 0 amide bonds. The van der Waals surface area contributed by atoms with Crippen molar-refractivity contribution in [2.45, 2.75) is 122 Å². The quantitative estimate of drug-likeness (QED) is 0.140. The number of carbonyl (C=O) groups is 1. The van der Waals surface area contributed by atoms with Crippen molar-refractivity contribution in [3.05, 3.63) is 48.0 Å². The second-order valence-corrected chi connectivity index (χ2v) is 11.4. The number of benzene rings is 1. The number of aryl methyl sites for hydroxylation is 1. The number of carboxylic acids is 1. The molecule has 204 valence electrons. The van der Waals surface area contributed by atoms with E-state index in [1.54, 1.807) is 0 Å². The van der Waals surface area contributed by atoms with Gasteiger partial charge >= 0.3 is 5.97 Å². The zero-order valence-electron chi connectivity index (χ0n) is 23.2. The lowest BCUT2D eigenvalue weighted by atomic mass is 9.78. The molecule has 3 atom stereocenters. The summed E-state index contributed by atoms with van der Waals surface area (Å²) in [6, 6.07) is 10.5. The fourth-order valence-corrected chi connectivity index (χ4v) is 6.28. The molecule has 0 aliphatic heterocycles. The summed E-state index contributed by atoms with van der Waals surface area (Å²) in [6.45, 7) is 2.92. The smallest absolute Gasteiger partial charge is 0.303 e. The second-order valence-electron chi connectivity index (χ2n) is 11.4. The number of unbranched alkanes of at least 4 members (excludes halogenated alkanes) is 2. The van der Waals surface area contributed by atoms with E-state index in [1.165, 1.54) is 89.0 Å². The Hall–Kier alpha value is -1.61. The first kappa shape index (κ1) is 30.6. The van der Waals surface area contributed by atoms with Gasteiger partial charge in [0.15, 0.2) is 0 Å². The zero-order chi connectivity index (χ0) is 25.8. The number of allylic oxidation sites excluding steroid dienone is 2. The van der Waals surface area contributed by atoms with E-state index in [2.05, 4.69) is 43.3 Å². The molecule has 0 bridgehead atoms. The van der Waals surface area contributed by atoms with Crippen molar-refractivity contribution in [2.24, 2.45) is 29.4 Å². The van der Waals surface area contributed by atoms with E-state index < -0.39 is 5.97 Å². The molecular weight excluding hydrogens is 442 g/mol. The van der Waals surface area contributed by atoms with Crippen LogP contribution < -0.4 is 5.73 Å². The molecule has 3 heteroatoms. The summed E-state index contributed by atoms with van der Waals surface area (Å²) in [5.41, 5.74) is 7.33. The van der Waals surface area contributed by atoms with Gasteiger partial charge in [-0.15, -0.1) is 0 Å². The summed E-state index contributed by atoms with van der Waals surface area (Å²) < 4.78 is 0. The highest BCUT2D eigenvalue weighted by Gasteiger charge is 2.24. The molecule has 1 aliphatic rings. The van der Waals surface area contributed by atoms with E-state index >= 15 is 0 Å². The third-order valence-electron chi connectivity index (χ3n) is 8.55. The molecule has 36 heavy (non-hydrogen) atoms. The maximum absolute atomic E-state index is 11.7. The van der Waals surface area contributed by atoms with Gasteiger partial charge in [-0.3, -0.25) is 4.79 Å². The van der Waals surface area contributed by atoms with Gasteiger partial charge in [0.05, 0.1) is 0 Å². The van der Waals surface area contributed by atoms with Crippen LogP contribution in [0.5, 0.6) is 0 Å². The van der Waals surface area contributed by atoms with E-state index in [1.807, 2.05) is 6.07 Å². The third-order valence-corrected chi connectivity index (χ3v) is 8.55. The van der Waals surface area contributed by atoms with Crippen LogP contribution >= 0.6 is 0 Å². The fourth-order valence-electron chi connectivity index (χ4n) is 6.28. The van der Waals surface area contributed by atoms with Gasteiger partial charge in [0, 0.05) is 6.42 Å². The Labute approximate surface area is 222 Å². The molecule has 0 heterocycles. The number of rotatable bonds is 20. The van der Waals surface area contributed by atoms with Crippen molar-refractivity contribution in [1.29, 1.82) is 0 Å². The number of nitrogens with two attached hydrogens (primary N) is 1. The molecule has 0 unspecified atom stereocenters. The molecule has 1 aromatic carbocycles. The largest absolute Gasteiger partial charge is 0.481 e. The molecule has 0 radical (unpaired) electrons. The van der Waals surface area contributed by atoms with Gasteiger partial charge in [0.1, 0.15) is 0 Å². The normalized spacial score (nSPS) is 17.3. The number of hydrogen-bond donors (Lipinski definition) is 2. The first-order valence-electron chi connectivity index (χ1n) is 15.2. The number of aliphatic carboxylic acids is 1. The van der Waals surface area contributed by atoms with Crippen molar-refractivity contribution in [3.8, 4) is 0 Å². The standard InChI is InChI=1S/C33H55NO2/c1-2-3-7-14-29(18-11-5-10-17-28-15-8-4-9-16-28)21-23-31(25-26-34)32(27-33(35)36)24-22-30-19-12-6-13-20-30/h5-6,11-13,19-20,28-29,31-32H,2-4,7-10,14-18,21-27,34H2,1H3,(H,35,36)/b11-5-/t29-,31+,32+/m0/s1. The zero-order valence-corrected chi connectivity index (χ0v) is 23.2. The maximum atomic E-state index is 11.7. The first-order chi connectivity index (χ1) is 17.6. The summed E-state index contributed by atoms with van der Waals surface area (Å²) >= 11 is 0. The van der Waals surface area contributed by atoms with Crippen molar-refractivity contribution in [3.63, 3.8) is 0 Å². The number of carboxylic acid groups (broad SMARTS) is 1.